The molecule has 0 aliphatic heterocycles. The van der Waals surface area contributed by atoms with Crippen LogP contribution in [-0.4, -0.2) is 27.8 Å². The van der Waals surface area contributed by atoms with Crippen LogP contribution in [0.15, 0.2) is 18.2 Å². The summed E-state index contributed by atoms with van der Waals surface area (Å²) < 4.78 is 0. The summed E-state index contributed by atoms with van der Waals surface area (Å²) in [4.78, 5) is 11.5. The highest BCUT2D eigenvalue weighted by Crippen LogP contribution is 2.32. The predicted molar refractivity (Wildman–Crippen MR) is 65.5 cm³/mol. The van der Waals surface area contributed by atoms with Crippen LogP contribution in [0.4, 0.5) is 0 Å². The molecule has 5 nitrogen and oxygen atoms in total. The first-order chi connectivity index (χ1) is 8.41. The third-order valence-corrected chi connectivity index (χ3v) is 3.35. The average molecular weight is 251 g/mol. The van der Waals surface area contributed by atoms with Crippen molar-refractivity contribution in [2.24, 2.45) is 5.92 Å². The van der Waals surface area contributed by atoms with Crippen molar-refractivity contribution in [2.75, 3.05) is 6.54 Å². The fraction of sp³-hybridized carbons (Fsp3) is 0.462. The number of rotatable bonds is 5. The van der Waals surface area contributed by atoms with Gasteiger partial charge in [-0.05, 0) is 49.9 Å². The topological polar surface area (TPSA) is 89.8 Å². The van der Waals surface area contributed by atoms with E-state index in [0.717, 1.165) is 12.8 Å². The van der Waals surface area contributed by atoms with Crippen LogP contribution >= 0.6 is 0 Å². The SMILES string of the molecule is CC(NCC1CC1)(C(=O)O)c1cc(O)cc(O)c1. The van der Waals surface area contributed by atoms with E-state index in [-0.39, 0.29) is 11.5 Å². The molecule has 18 heavy (non-hydrogen) atoms. The third-order valence-electron chi connectivity index (χ3n) is 3.35. The van der Waals surface area contributed by atoms with Gasteiger partial charge in [-0.15, -0.1) is 0 Å². The summed E-state index contributed by atoms with van der Waals surface area (Å²) in [6.45, 7) is 2.16. The number of hydrogen-bond donors (Lipinski definition) is 4. The molecule has 1 unspecified atom stereocenters. The molecule has 0 heterocycles. The van der Waals surface area contributed by atoms with E-state index in [2.05, 4.69) is 5.32 Å². The molecule has 4 N–H and O–H groups in total. The Morgan fingerprint density at radius 1 is 1.33 bits per heavy atom. The Labute approximate surface area is 105 Å². The molecule has 5 heteroatoms. The van der Waals surface area contributed by atoms with Gasteiger partial charge >= 0.3 is 5.97 Å². The highest BCUT2D eigenvalue weighted by molar-refractivity contribution is 5.80. The summed E-state index contributed by atoms with van der Waals surface area (Å²) in [6, 6.07) is 3.88. The third kappa shape index (κ3) is 2.56. The number of phenols is 2. The number of phenolic OH excluding ortho intramolecular Hbond substituents is 2. The van der Waals surface area contributed by atoms with Gasteiger partial charge in [0.15, 0.2) is 0 Å². The number of carboxylic acids is 1. The molecule has 1 aliphatic rings. The van der Waals surface area contributed by atoms with Crippen molar-refractivity contribution in [3.63, 3.8) is 0 Å². The first-order valence-corrected chi connectivity index (χ1v) is 5.94. The summed E-state index contributed by atoms with van der Waals surface area (Å²) in [5.41, 5.74) is -0.966. The Balaban J connectivity index is 2.28. The Morgan fingerprint density at radius 3 is 2.33 bits per heavy atom. The van der Waals surface area contributed by atoms with Crippen LogP contribution < -0.4 is 5.32 Å². The summed E-state index contributed by atoms with van der Waals surface area (Å²) in [7, 11) is 0. The van der Waals surface area contributed by atoms with Crippen LogP contribution in [0.3, 0.4) is 0 Å². The Morgan fingerprint density at radius 2 is 1.89 bits per heavy atom. The maximum atomic E-state index is 11.5. The van der Waals surface area contributed by atoms with E-state index in [4.69, 9.17) is 0 Å². The summed E-state index contributed by atoms with van der Waals surface area (Å²) in [5, 5.41) is 31.3. The molecule has 0 amide bonds. The van der Waals surface area contributed by atoms with Crippen molar-refractivity contribution >= 4 is 5.97 Å². The molecule has 0 bridgehead atoms. The molecule has 1 fully saturated rings. The van der Waals surface area contributed by atoms with Crippen molar-refractivity contribution in [1.82, 2.24) is 5.32 Å². The van der Waals surface area contributed by atoms with Crippen LogP contribution in [0.5, 0.6) is 11.5 Å². The number of carboxylic acid groups (broad SMARTS) is 1. The Bertz CT molecular complexity index is 450. The standard InChI is InChI=1S/C13H17NO4/c1-13(12(17)18,14-7-8-2-3-8)9-4-10(15)6-11(16)5-9/h4-6,8,14-16H,2-3,7H2,1H3,(H,17,18). The minimum Gasteiger partial charge on any atom is -0.508 e. The molecule has 0 radical (unpaired) electrons. The zero-order chi connectivity index (χ0) is 13.3. The minimum atomic E-state index is -1.31. The highest BCUT2D eigenvalue weighted by atomic mass is 16.4. The number of benzene rings is 1. The second kappa shape index (κ2) is 4.49. The van der Waals surface area contributed by atoms with E-state index in [9.17, 15) is 20.1 Å². The lowest BCUT2D eigenvalue weighted by Gasteiger charge is -2.27. The lowest BCUT2D eigenvalue weighted by Crippen LogP contribution is -2.47. The van der Waals surface area contributed by atoms with Crippen molar-refractivity contribution in [2.45, 2.75) is 25.3 Å². The van der Waals surface area contributed by atoms with Crippen LogP contribution in [0.1, 0.15) is 25.3 Å². The number of aromatic hydroxyl groups is 2. The monoisotopic (exact) mass is 251 g/mol. The van der Waals surface area contributed by atoms with Gasteiger partial charge in [0.05, 0.1) is 0 Å². The summed E-state index contributed by atoms with van der Waals surface area (Å²) >= 11 is 0. The first-order valence-electron chi connectivity index (χ1n) is 5.94. The maximum absolute atomic E-state index is 11.5. The van der Waals surface area contributed by atoms with Gasteiger partial charge in [-0.3, -0.25) is 5.32 Å². The van der Waals surface area contributed by atoms with E-state index in [1.165, 1.54) is 25.1 Å². The molecule has 1 aromatic rings. The van der Waals surface area contributed by atoms with Crippen molar-refractivity contribution in [3.05, 3.63) is 23.8 Å². The molecular weight excluding hydrogens is 234 g/mol. The largest absolute Gasteiger partial charge is 0.508 e. The highest BCUT2D eigenvalue weighted by Gasteiger charge is 2.37. The van der Waals surface area contributed by atoms with Crippen molar-refractivity contribution < 1.29 is 20.1 Å². The van der Waals surface area contributed by atoms with Crippen molar-refractivity contribution in [1.29, 1.82) is 0 Å². The van der Waals surface area contributed by atoms with E-state index in [1.807, 2.05) is 0 Å². The molecule has 1 atom stereocenters. The first kappa shape index (κ1) is 12.7. The smallest absolute Gasteiger partial charge is 0.328 e. The van der Waals surface area contributed by atoms with E-state index >= 15 is 0 Å². The number of hydrogen-bond acceptors (Lipinski definition) is 4. The van der Waals surface area contributed by atoms with E-state index in [0.29, 0.717) is 18.0 Å². The second-order valence-electron chi connectivity index (χ2n) is 4.99. The maximum Gasteiger partial charge on any atom is 0.328 e. The molecule has 1 saturated carbocycles. The van der Waals surface area contributed by atoms with Gasteiger partial charge in [-0.25, -0.2) is 4.79 Å². The van der Waals surface area contributed by atoms with Crippen LogP contribution in [0.2, 0.25) is 0 Å². The van der Waals surface area contributed by atoms with Gasteiger partial charge in [0, 0.05) is 6.07 Å². The van der Waals surface area contributed by atoms with Gasteiger partial charge < -0.3 is 15.3 Å². The lowest BCUT2D eigenvalue weighted by atomic mass is 9.91. The van der Waals surface area contributed by atoms with Gasteiger partial charge in [0.2, 0.25) is 0 Å². The molecular formula is C13H17NO4. The van der Waals surface area contributed by atoms with Crippen molar-refractivity contribution in [3.8, 4) is 11.5 Å². The quantitative estimate of drug-likeness (QED) is 0.635. The fourth-order valence-electron chi connectivity index (χ4n) is 1.86. The van der Waals surface area contributed by atoms with Gasteiger partial charge in [0.1, 0.15) is 17.0 Å². The normalized spacial score (nSPS) is 18.3. The van der Waals surface area contributed by atoms with Crippen LogP contribution in [0.25, 0.3) is 0 Å². The Hall–Kier alpha value is -1.75. The zero-order valence-electron chi connectivity index (χ0n) is 10.2. The molecule has 1 aromatic carbocycles. The average Bonchev–Trinajstić information content (AvgIpc) is 3.07. The molecule has 0 spiro atoms. The molecule has 1 aliphatic carbocycles. The Kier molecular flexibility index (Phi) is 3.17. The summed E-state index contributed by atoms with van der Waals surface area (Å²) in [5.74, 6) is -0.792. The lowest BCUT2D eigenvalue weighted by molar-refractivity contribution is -0.144. The van der Waals surface area contributed by atoms with Gasteiger partial charge in [-0.1, -0.05) is 0 Å². The van der Waals surface area contributed by atoms with E-state index in [1.54, 1.807) is 0 Å². The van der Waals surface area contributed by atoms with Crippen LogP contribution in [0, 0.1) is 5.92 Å². The number of carbonyl (C=O) groups is 1. The molecule has 2 rings (SSSR count). The van der Waals surface area contributed by atoms with Gasteiger partial charge in [0.25, 0.3) is 0 Å². The summed E-state index contributed by atoms with van der Waals surface area (Å²) in [6.07, 6.45) is 2.24. The number of nitrogens with one attached hydrogen (secondary N) is 1. The second-order valence-corrected chi connectivity index (χ2v) is 4.99. The molecule has 0 saturated heterocycles. The molecule has 98 valence electrons. The number of aliphatic carboxylic acids is 1. The van der Waals surface area contributed by atoms with E-state index < -0.39 is 11.5 Å². The molecule has 0 aromatic heterocycles. The zero-order valence-corrected chi connectivity index (χ0v) is 10.2. The fourth-order valence-corrected chi connectivity index (χ4v) is 1.86. The predicted octanol–water partition coefficient (Wildman–Crippen LogP) is 1.40. The minimum absolute atomic E-state index is 0.148. The van der Waals surface area contributed by atoms with Crippen LogP contribution in [-0.2, 0) is 10.3 Å². The van der Waals surface area contributed by atoms with Gasteiger partial charge in [-0.2, -0.15) is 0 Å².